The van der Waals surface area contributed by atoms with Gasteiger partial charge in [-0.25, -0.2) is 9.18 Å². The maximum Gasteiger partial charge on any atom is 0.341 e. The summed E-state index contributed by atoms with van der Waals surface area (Å²) in [6.45, 7) is 1.95. The second kappa shape index (κ2) is 10.3. The Hall–Kier alpha value is -3.09. The van der Waals surface area contributed by atoms with Crippen LogP contribution in [-0.4, -0.2) is 26.8 Å². The van der Waals surface area contributed by atoms with E-state index in [9.17, 15) is 13.6 Å². The molecule has 0 aliphatic heterocycles. The third-order valence-corrected chi connectivity index (χ3v) is 3.80. The molecular weight excluding hydrogens is 370 g/mol. The molecule has 2 aromatic rings. The lowest BCUT2D eigenvalue weighted by Gasteiger charge is -2.14. The van der Waals surface area contributed by atoms with E-state index < -0.39 is 23.4 Å². The molecule has 0 saturated carbocycles. The van der Waals surface area contributed by atoms with Crippen LogP contribution in [0.25, 0.3) is 5.57 Å². The minimum atomic E-state index is -0.911. The van der Waals surface area contributed by atoms with Gasteiger partial charge in [0.2, 0.25) is 5.82 Å². The van der Waals surface area contributed by atoms with Crippen LogP contribution in [0.3, 0.4) is 0 Å². The van der Waals surface area contributed by atoms with Crippen molar-refractivity contribution in [2.45, 2.75) is 20.0 Å². The molecule has 0 N–H and O–H groups in total. The summed E-state index contributed by atoms with van der Waals surface area (Å²) in [6, 6.07) is 9.18. The number of hydrogen-bond acceptors (Lipinski definition) is 5. The summed E-state index contributed by atoms with van der Waals surface area (Å²) in [6.07, 6.45) is 1.87. The second-order valence-corrected chi connectivity index (χ2v) is 5.74. The molecule has 28 heavy (non-hydrogen) atoms. The monoisotopic (exact) mass is 392 g/mol. The molecule has 0 aliphatic rings. The van der Waals surface area contributed by atoms with Gasteiger partial charge in [-0.05, 0) is 29.7 Å². The maximum absolute atomic E-state index is 14.5. The van der Waals surface area contributed by atoms with Crippen LogP contribution >= 0.6 is 0 Å². The van der Waals surface area contributed by atoms with Crippen molar-refractivity contribution in [1.29, 1.82) is 0 Å². The van der Waals surface area contributed by atoms with Crippen molar-refractivity contribution in [2.24, 2.45) is 0 Å². The van der Waals surface area contributed by atoms with E-state index in [1.807, 2.05) is 6.92 Å². The highest BCUT2D eigenvalue weighted by molar-refractivity contribution is 6.16. The molecule has 0 spiro atoms. The highest BCUT2D eigenvalue weighted by Crippen LogP contribution is 2.31. The Kier molecular flexibility index (Phi) is 7.80. The molecule has 150 valence electrons. The summed E-state index contributed by atoms with van der Waals surface area (Å²) in [5, 5.41) is 0. The van der Waals surface area contributed by atoms with Crippen LogP contribution in [-0.2, 0) is 20.9 Å². The first-order valence-electron chi connectivity index (χ1n) is 8.66. The Morgan fingerprint density at radius 1 is 1.07 bits per heavy atom. The number of benzene rings is 2. The van der Waals surface area contributed by atoms with E-state index in [2.05, 4.69) is 0 Å². The Labute approximate surface area is 162 Å². The van der Waals surface area contributed by atoms with Gasteiger partial charge in [0.1, 0.15) is 12.2 Å². The van der Waals surface area contributed by atoms with Crippen molar-refractivity contribution in [1.82, 2.24) is 0 Å². The van der Waals surface area contributed by atoms with Gasteiger partial charge in [-0.2, -0.15) is 4.39 Å². The highest BCUT2D eigenvalue weighted by atomic mass is 19.1. The maximum atomic E-state index is 14.5. The van der Waals surface area contributed by atoms with E-state index in [0.29, 0.717) is 17.5 Å². The van der Waals surface area contributed by atoms with Gasteiger partial charge in [-0.1, -0.05) is 31.2 Å². The minimum Gasteiger partial charge on any atom is -0.503 e. The van der Waals surface area contributed by atoms with Crippen LogP contribution < -0.4 is 9.47 Å². The zero-order chi connectivity index (χ0) is 20.5. The Bertz CT molecular complexity index is 849. The summed E-state index contributed by atoms with van der Waals surface area (Å²) < 4.78 is 48.7. The third kappa shape index (κ3) is 5.00. The number of carbonyl (C=O) groups excluding carboxylic acids is 1. The van der Waals surface area contributed by atoms with Crippen LogP contribution in [0.2, 0.25) is 0 Å². The van der Waals surface area contributed by atoms with Crippen molar-refractivity contribution in [2.75, 3.05) is 20.8 Å². The molecule has 5 nitrogen and oxygen atoms in total. The molecule has 0 aromatic heterocycles. The largest absolute Gasteiger partial charge is 0.503 e. The fraction of sp³-hybridized carbons (Fsp3) is 0.286. The van der Waals surface area contributed by atoms with E-state index in [4.69, 9.17) is 18.9 Å². The lowest BCUT2D eigenvalue weighted by molar-refractivity contribution is -0.133. The van der Waals surface area contributed by atoms with Gasteiger partial charge in [0.25, 0.3) is 0 Å². The standard InChI is InChI=1S/C21H22F2O5/c1-4-11-27-20-17(22)9-10-18(19(20)23)28-12-14-7-5-6-8-15(14)16(13-25-2)21(24)26-3/h5-10,13H,4,11-12H2,1-3H3. The number of ether oxygens (including phenoxy) is 4. The van der Waals surface area contributed by atoms with Crippen molar-refractivity contribution in [3.63, 3.8) is 0 Å². The normalized spacial score (nSPS) is 11.1. The first kappa shape index (κ1) is 21.2. The summed E-state index contributed by atoms with van der Waals surface area (Å²) in [7, 11) is 2.67. The molecular formula is C21H22F2O5. The van der Waals surface area contributed by atoms with E-state index in [-0.39, 0.29) is 24.5 Å². The van der Waals surface area contributed by atoms with Crippen LogP contribution in [0.4, 0.5) is 8.78 Å². The summed E-state index contributed by atoms with van der Waals surface area (Å²) in [5.74, 6) is -2.92. The van der Waals surface area contributed by atoms with E-state index in [1.165, 1.54) is 26.5 Å². The lowest BCUT2D eigenvalue weighted by atomic mass is 10.0. The number of halogens is 2. The van der Waals surface area contributed by atoms with E-state index in [1.54, 1.807) is 24.3 Å². The summed E-state index contributed by atoms with van der Waals surface area (Å²) in [4.78, 5) is 12.0. The molecule has 0 amide bonds. The highest BCUT2D eigenvalue weighted by Gasteiger charge is 2.19. The molecule has 2 aromatic carbocycles. The SMILES string of the molecule is CCCOc1c(F)ccc(OCc2ccccc2C(=COC)C(=O)OC)c1F. The number of rotatable bonds is 9. The fourth-order valence-electron chi connectivity index (χ4n) is 2.48. The van der Waals surface area contributed by atoms with Gasteiger partial charge < -0.3 is 18.9 Å². The second-order valence-electron chi connectivity index (χ2n) is 5.74. The number of methoxy groups -OCH3 is 2. The Morgan fingerprint density at radius 2 is 1.82 bits per heavy atom. The number of carbonyl (C=O) groups is 1. The van der Waals surface area contributed by atoms with Gasteiger partial charge in [-0.3, -0.25) is 0 Å². The van der Waals surface area contributed by atoms with E-state index >= 15 is 0 Å². The van der Waals surface area contributed by atoms with Crippen LogP contribution in [0.15, 0.2) is 42.7 Å². The average molecular weight is 392 g/mol. The van der Waals surface area contributed by atoms with Crippen molar-refractivity contribution >= 4 is 11.5 Å². The molecule has 0 saturated heterocycles. The zero-order valence-corrected chi connectivity index (χ0v) is 16.0. The third-order valence-electron chi connectivity index (χ3n) is 3.80. The lowest BCUT2D eigenvalue weighted by Crippen LogP contribution is -2.09. The number of hydrogen-bond donors (Lipinski definition) is 0. The molecule has 0 bridgehead atoms. The molecule has 0 heterocycles. The molecule has 2 rings (SSSR count). The molecule has 7 heteroatoms. The fourth-order valence-corrected chi connectivity index (χ4v) is 2.48. The first-order chi connectivity index (χ1) is 13.5. The molecule has 0 radical (unpaired) electrons. The van der Waals surface area contributed by atoms with Gasteiger partial charge in [0, 0.05) is 0 Å². The van der Waals surface area contributed by atoms with Gasteiger partial charge in [0.05, 0.1) is 27.1 Å². The average Bonchev–Trinajstić information content (AvgIpc) is 2.71. The van der Waals surface area contributed by atoms with Gasteiger partial charge >= 0.3 is 5.97 Å². The minimum absolute atomic E-state index is 0.0655. The molecule has 0 aliphatic carbocycles. The predicted octanol–water partition coefficient (Wildman–Crippen LogP) is 4.49. The van der Waals surface area contributed by atoms with Gasteiger partial charge in [-0.15, -0.1) is 0 Å². The summed E-state index contributed by atoms with van der Waals surface area (Å²) >= 11 is 0. The van der Waals surface area contributed by atoms with Crippen LogP contribution in [0.5, 0.6) is 11.5 Å². The molecule has 0 atom stereocenters. The quantitative estimate of drug-likeness (QED) is 0.357. The zero-order valence-electron chi connectivity index (χ0n) is 16.0. The molecule has 0 unspecified atom stereocenters. The number of esters is 1. The Morgan fingerprint density at radius 3 is 2.50 bits per heavy atom. The van der Waals surface area contributed by atoms with E-state index in [0.717, 1.165) is 6.07 Å². The van der Waals surface area contributed by atoms with Crippen LogP contribution in [0, 0.1) is 11.6 Å². The van der Waals surface area contributed by atoms with Crippen molar-refractivity contribution < 1.29 is 32.5 Å². The first-order valence-corrected chi connectivity index (χ1v) is 8.66. The van der Waals surface area contributed by atoms with Crippen LogP contribution in [0.1, 0.15) is 24.5 Å². The van der Waals surface area contributed by atoms with Crippen molar-refractivity contribution in [3.8, 4) is 11.5 Å². The topological polar surface area (TPSA) is 54.0 Å². The van der Waals surface area contributed by atoms with Crippen molar-refractivity contribution in [3.05, 3.63) is 65.4 Å². The molecule has 0 fully saturated rings. The van der Waals surface area contributed by atoms with Gasteiger partial charge in [0.15, 0.2) is 17.3 Å². The predicted molar refractivity (Wildman–Crippen MR) is 99.9 cm³/mol. The Balaban J connectivity index is 2.29. The smallest absolute Gasteiger partial charge is 0.341 e. The summed E-state index contributed by atoms with van der Waals surface area (Å²) in [5.41, 5.74) is 1.30.